The predicted molar refractivity (Wildman–Crippen MR) is 113 cm³/mol. The third-order valence-electron chi connectivity index (χ3n) is 4.45. The standard InChI is InChI=1S/C17H21N9.HI/c1-18-17(24-14-5-6-15-20-11-23-26(15)9-14)19-8-12-3-2-4-13(7-12)16-21-10-22-25-16;/h2-4,7,10-11,14H,5-6,8-9H2,1H3,(H2,18,19,24)(H,21,22,25);1H. The van der Waals surface area contributed by atoms with Gasteiger partial charge in [0, 0.05) is 31.6 Å². The number of aryl methyl sites for hydroxylation is 1. The molecule has 0 saturated heterocycles. The van der Waals surface area contributed by atoms with Crippen LogP contribution in [0.25, 0.3) is 11.4 Å². The summed E-state index contributed by atoms with van der Waals surface area (Å²) in [6.07, 6.45) is 5.07. The SMILES string of the molecule is CN=C(NCc1cccc(-c2ncn[nH]2)c1)NC1CCc2ncnn2C1.I. The molecular formula is C17H22IN9. The normalized spacial score (nSPS) is 16.3. The Morgan fingerprint density at radius 2 is 2.26 bits per heavy atom. The maximum absolute atomic E-state index is 4.33. The third kappa shape index (κ3) is 4.62. The molecule has 9 nitrogen and oxygen atoms in total. The lowest BCUT2D eigenvalue weighted by atomic mass is 10.1. The maximum Gasteiger partial charge on any atom is 0.191 e. The van der Waals surface area contributed by atoms with E-state index in [1.807, 2.05) is 16.8 Å². The molecule has 2 aromatic heterocycles. The molecule has 1 aliphatic rings. The van der Waals surface area contributed by atoms with Gasteiger partial charge in [0.05, 0.1) is 6.54 Å². The number of aromatic nitrogens is 6. The zero-order valence-electron chi connectivity index (χ0n) is 15.0. The van der Waals surface area contributed by atoms with Crippen molar-refractivity contribution in [1.82, 2.24) is 40.6 Å². The molecule has 142 valence electrons. The Balaban J connectivity index is 0.00000210. The van der Waals surface area contributed by atoms with E-state index < -0.39 is 0 Å². The number of benzene rings is 1. The minimum absolute atomic E-state index is 0. The number of rotatable bonds is 4. The van der Waals surface area contributed by atoms with Gasteiger partial charge in [-0.25, -0.2) is 14.6 Å². The molecule has 1 atom stereocenters. The highest BCUT2D eigenvalue weighted by atomic mass is 127. The van der Waals surface area contributed by atoms with Crippen LogP contribution in [-0.2, 0) is 19.5 Å². The van der Waals surface area contributed by atoms with Crippen molar-refractivity contribution >= 4 is 29.9 Å². The second-order valence-corrected chi connectivity index (χ2v) is 6.20. The van der Waals surface area contributed by atoms with Crippen molar-refractivity contribution in [2.75, 3.05) is 7.05 Å². The number of fused-ring (bicyclic) bond motifs is 1. The van der Waals surface area contributed by atoms with Gasteiger partial charge in [-0.1, -0.05) is 18.2 Å². The summed E-state index contributed by atoms with van der Waals surface area (Å²) in [4.78, 5) is 12.8. The van der Waals surface area contributed by atoms with Crippen molar-refractivity contribution in [3.8, 4) is 11.4 Å². The van der Waals surface area contributed by atoms with E-state index >= 15 is 0 Å². The Kier molecular flexibility index (Phi) is 6.37. The van der Waals surface area contributed by atoms with Crippen LogP contribution >= 0.6 is 24.0 Å². The Morgan fingerprint density at radius 3 is 3.07 bits per heavy atom. The van der Waals surface area contributed by atoms with E-state index in [2.05, 4.69) is 53.0 Å². The maximum atomic E-state index is 4.33. The average Bonchev–Trinajstić information content (AvgIpc) is 3.36. The van der Waals surface area contributed by atoms with Crippen LogP contribution in [0.4, 0.5) is 0 Å². The number of halogens is 1. The first-order valence-electron chi connectivity index (χ1n) is 8.60. The van der Waals surface area contributed by atoms with Crippen LogP contribution in [0.5, 0.6) is 0 Å². The van der Waals surface area contributed by atoms with Crippen LogP contribution in [0.15, 0.2) is 41.9 Å². The van der Waals surface area contributed by atoms with E-state index in [1.165, 1.54) is 6.33 Å². The molecule has 0 saturated carbocycles. The number of guanidine groups is 1. The van der Waals surface area contributed by atoms with Gasteiger partial charge in [0.1, 0.15) is 18.5 Å². The molecule has 1 unspecified atom stereocenters. The van der Waals surface area contributed by atoms with Crippen molar-refractivity contribution < 1.29 is 0 Å². The van der Waals surface area contributed by atoms with Crippen LogP contribution in [0.3, 0.4) is 0 Å². The molecule has 3 aromatic rings. The second-order valence-electron chi connectivity index (χ2n) is 6.20. The molecule has 0 fully saturated rings. The average molecular weight is 479 g/mol. The van der Waals surface area contributed by atoms with Gasteiger partial charge in [0.25, 0.3) is 0 Å². The fraction of sp³-hybridized carbons (Fsp3) is 0.353. The lowest BCUT2D eigenvalue weighted by molar-refractivity contribution is 0.392. The van der Waals surface area contributed by atoms with Crippen LogP contribution < -0.4 is 10.6 Å². The molecule has 10 heteroatoms. The highest BCUT2D eigenvalue weighted by Gasteiger charge is 2.20. The smallest absolute Gasteiger partial charge is 0.191 e. The third-order valence-corrected chi connectivity index (χ3v) is 4.45. The van der Waals surface area contributed by atoms with Crippen molar-refractivity contribution in [2.45, 2.75) is 32.0 Å². The molecule has 1 aromatic carbocycles. The van der Waals surface area contributed by atoms with Gasteiger partial charge in [-0.15, -0.1) is 24.0 Å². The monoisotopic (exact) mass is 479 g/mol. The summed E-state index contributed by atoms with van der Waals surface area (Å²) in [5.41, 5.74) is 2.15. The number of hydrogen-bond acceptors (Lipinski definition) is 5. The van der Waals surface area contributed by atoms with Gasteiger partial charge in [0.15, 0.2) is 11.8 Å². The summed E-state index contributed by atoms with van der Waals surface area (Å²) >= 11 is 0. The molecule has 27 heavy (non-hydrogen) atoms. The Hall–Kier alpha value is -2.50. The van der Waals surface area contributed by atoms with Crippen molar-refractivity contribution in [3.05, 3.63) is 48.3 Å². The fourth-order valence-corrected chi connectivity index (χ4v) is 3.10. The molecule has 3 N–H and O–H groups in total. The van der Waals surface area contributed by atoms with E-state index in [0.717, 1.165) is 48.1 Å². The molecule has 1 aliphatic heterocycles. The fourth-order valence-electron chi connectivity index (χ4n) is 3.10. The second kappa shape index (κ2) is 8.93. The Bertz CT molecular complexity index is 887. The van der Waals surface area contributed by atoms with Gasteiger partial charge in [-0.2, -0.15) is 10.2 Å². The van der Waals surface area contributed by atoms with E-state index in [9.17, 15) is 0 Å². The summed E-state index contributed by atoms with van der Waals surface area (Å²) < 4.78 is 1.95. The van der Waals surface area contributed by atoms with Crippen LogP contribution in [0, 0.1) is 0 Å². The lowest BCUT2D eigenvalue weighted by Crippen LogP contribution is -2.46. The van der Waals surface area contributed by atoms with Crippen LogP contribution in [0.2, 0.25) is 0 Å². The van der Waals surface area contributed by atoms with Gasteiger partial charge in [0.2, 0.25) is 0 Å². The molecule has 0 aliphatic carbocycles. The van der Waals surface area contributed by atoms with E-state index in [0.29, 0.717) is 6.54 Å². The van der Waals surface area contributed by atoms with Gasteiger partial charge >= 0.3 is 0 Å². The molecule has 0 amide bonds. The highest BCUT2D eigenvalue weighted by molar-refractivity contribution is 14.0. The van der Waals surface area contributed by atoms with Gasteiger partial charge < -0.3 is 10.6 Å². The molecular weight excluding hydrogens is 457 g/mol. The summed E-state index contributed by atoms with van der Waals surface area (Å²) in [6.45, 7) is 1.47. The molecule has 0 bridgehead atoms. The number of nitrogens with one attached hydrogen (secondary N) is 3. The Morgan fingerprint density at radius 1 is 1.33 bits per heavy atom. The Labute approximate surface area is 174 Å². The van der Waals surface area contributed by atoms with Gasteiger partial charge in [-0.05, 0) is 18.1 Å². The largest absolute Gasteiger partial charge is 0.352 e. The van der Waals surface area contributed by atoms with E-state index in [-0.39, 0.29) is 30.0 Å². The van der Waals surface area contributed by atoms with Crippen molar-refractivity contribution in [2.24, 2.45) is 4.99 Å². The molecule has 4 rings (SSSR count). The number of aliphatic imine (C=N–C) groups is 1. The number of H-pyrrole nitrogens is 1. The lowest BCUT2D eigenvalue weighted by Gasteiger charge is -2.25. The highest BCUT2D eigenvalue weighted by Crippen LogP contribution is 2.15. The van der Waals surface area contributed by atoms with Crippen LogP contribution in [0.1, 0.15) is 17.8 Å². The summed E-state index contributed by atoms with van der Waals surface area (Å²) in [5, 5.41) is 17.9. The molecule has 0 radical (unpaired) electrons. The first-order valence-corrected chi connectivity index (χ1v) is 8.60. The number of hydrogen-bond donors (Lipinski definition) is 3. The predicted octanol–water partition coefficient (Wildman–Crippen LogP) is 1.36. The number of aromatic amines is 1. The molecule has 0 spiro atoms. The molecule has 3 heterocycles. The topological polar surface area (TPSA) is 109 Å². The van der Waals surface area contributed by atoms with Crippen molar-refractivity contribution in [3.63, 3.8) is 0 Å². The first kappa shape index (κ1) is 19.3. The van der Waals surface area contributed by atoms with E-state index in [4.69, 9.17) is 0 Å². The first-order chi connectivity index (χ1) is 12.8. The van der Waals surface area contributed by atoms with Crippen molar-refractivity contribution in [1.29, 1.82) is 0 Å². The zero-order chi connectivity index (χ0) is 17.8. The zero-order valence-corrected chi connectivity index (χ0v) is 17.3. The number of nitrogens with zero attached hydrogens (tertiary/aromatic N) is 6. The summed E-state index contributed by atoms with van der Waals surface area (Å²) in [7, 11) is 1.78. The minimum atomic E-state index is 0. The summed E-state index contributed by atoms with van der Waals surface area (Å²) in [6, 6.07) is 8.47. The van der Waals surface area contributed by atoms with Crippen LogP contribution in [-0.4, -0.2) is 49.0 Å². The van der Waals surface area contributed by atoms with E-state index in [1.54, 1.807) is 13.4 Å². The quantitative estimate of drug-likeness (QED) is 0.296. The summed E-state index contributed by atoms with van der Waals surface area (Å²) in [5.74, 6) is 2.60. The van der Waals surface area contributed by atoms with Gasteiger partial charge in [-0.3, -0.25) is 10.1 Å². The minimum Gasteiger partial charge on any atom is -0.352 e.